The number of ether oxygens (including phenoxy) is 1. The number of hydrogen-bond donors (Lipinski definition) is 0. The maximum atomic E-state index is 11.5. The minimum absolute atomic E-state index is 0.266. The van der Waals surface area contributed by atoms with Gasteiger partial charge in [0, 0.05) is 37.8 Å². The third-order valence-corrected chi connectivity index (χ3v) is 3.23. The molecule has 0 aliphatic carbocycles. The van der Waals surface area contributed by atoms with Gasteiger partial charge < -0.3 is 4.74 Å². The van der Waals surface area contributed by atoms with Crippen molar-refractivity contribution in [3.05, 3.63) is 12.2 Å². The van der Waals surface area contributed by atoms with Gasteiger partial charge in [0.15, 0.2) is 0 Å². The highest BCUT2D eigenvalue weighted by molar-refractivity contribution is 5.88. The molecule has 0 bridgehead atoms. The number of carbonyl (C=O) groups is 1. The Bertz CT molecular complexity index is 279. The van der Waals surface area contributed by atoms with Gasteiger partial charge in [-0.3, -0.25) is 9.80 Å². The second-order valence-electron chi connectivity index (χ2n) is 4.54. The third-order valence-electron chi connectivity index (χ3n) is 3.23. The van der Waals surface area contributed by atoms with Gasteiger partial charge in [-0.05, 0) is 20.4 Å². The third kappa shape index (κ3) is 4.13. The van der Waals surface area contributed by atoms with Crippen LogP contribution >= 0.6 is 0 Å². The first-order valence-corrected chi connectivity index (χ1v) is 6.39. The first kappa shape index (κ1) is 14.2. The molecule has 4 heteroatoms. The van der Waals surface area contributed by atoms with Gasteiger partial charge in [-0.25, -0.2) is 4.79 Å². The van der Waals surface area contributed by atoms with E-state index in [0.29, 0.717) is 24.8 Å². The zero-order valence-corrected chi connectivity index (χ0v) is 11.2. The molecule has 0 aromatic heterocycles. The van der Waals surface area contributed by atoms with E-state index in [1.807, 2.05) is 6.92 Å². The molecule has 0 aromatic rings. The molecule has 1 atom stereocenters. The fourth-order valence-corrected chi connectivity index (χ4v) is 2.25. The summed E-state index contributed by atoms with van der Waals surface area (Å²) in [6.07, 6.45) is 0. The standard InChI is InChI=1S/C13H24N2O2/c1-5-15-8-7-14(10-12(15)4)9-11(3)13(16)17-6-2/h12H,3,5-10H2,1-2,4H3. The summed E-state index contributed by atoms with van der Waals surface area (Å²) >= 11 is 0. The highest BCUT2D eigenvalue weighted by Crippen LogP contribution is 2.10. The smallest absolute Gasteiger partial charge is 0.334 e. The lowest BCUT2D eigenvalue weighted by atomic mass is 10.1. The summed E-state index contributed by atoms with van der Waals surface area (Å²) in [7, 11) is 0. The average molecular weight is 240 g/mol. The van der Waals surface area contributed by atoms with Crippen LogP contribution in [0.15, 0.2) is 12.2 Å². The average Bonchev–Trinajstić information content (AvgIpc) is 2.29. The molecule has 1 aliphatic heterocycles. The minimum Gasteiger partial charge on any atom is -0.463 e. The summed E-state index contributed by atoms with van der Waals surface area (Å²) in [6, 6.07) is 0.545. The van der Waals surface area contributed by atoms with Gasteiger partial charge in [0.2, 0.25) is 0 Å². The number of esters is 1. The molecule has 1 aliphatic rings. The van der Waals surface area contributed by atoms with Crippen molar-refractivity contribution in [2.75, 3.05) is 39.3 Å². The van der Waals surface area contributed by atoms with Crippen LogP contribution in [0, 0.1) is 0 Å². The zero-order valence-electron chi connectivity index (χ0n) is 11.2. The van der Waals surface area contributed by atoms with Crippen LogP contribution in [0.1, 0.15) is 20.8 Å². The Labute approximate surface area is 104 Å². The number of rotatable bonds is 5. The Morgan fingerprint density at radius 3 is 2.65 bits per heavy atom. The summed E-state index contributed by atoms with van der Waals surface area (Å²) in [5.41, 5.74) is 0.559. The van der Waals surface area contributed by atoms with Crippen LogP contribution in [-0.2, 0) is 9.53 Å². The molecule has 1 heterocycles. The van der Waals surface area contributed by atoms with Gasteiger partial charge in [-0.1, -0.05) is 13.5 Å². The predicted molar refractivity (Wildman–Crippen MR) is 68.9 cm³/mol. The SMILES string of the molecule is C=C(CN1CCN(CC)C(C)C1)C(=O)OCC. The van der Waals surface area contributed by atoms with E-state index in [1.54, 1.807) is 0 Å². The predicted octanol–water partition coefficient (Wildman–Crippen LogP) is 1.13. The molecule has 0 spiro atoms. The van der Waals surface area contributed by atoms with Crippen molar-refractivity contribution in [1.82, 2.24) is 9.80 Å². The van der Waals surface area contributed by atoms with Gasteiger partial charge in [0.1, 0.15) is 0 Å². The van der Waals surface area contributed by atoms with E-state index >= 15 is 0 Å². The Hall–Kier alpha value is -0.870. The van der Waals surface area contributed by atoms with Crippen LogP contribution in [0.5, 0.6) is 0 Å². The molecule has 0 saturated carbocycles. The van der Waals surface area contributed by atoms with E-state index in [4.69, 9.17) is 4.74 Å². The lowest BCUT2D eigenvalue weighted by Crippen LogP contribution is -2.52. The van der Waals surface area contributed by atoms with Crippen molar-refractivity contribution in [1.29, 1.82) is 0 Å². The maximum absolute atomic E-state index is 11.5. The molecule has 1 rings (SSSR count). The maximum Gasteiger partial charge on any atom is 0.334 e. The molecule has 0 amide bonds. The molecule has 1 fully saturated rings. The molecule has 1 unspecified atom stereocenters. The number of likely N-dealkylation sites (N-methyl/N-ethyl adjacent to an activating group) is 1. The molecule has 1 saturated heterocycles. The number of hydrogen-bond acceptors (Lipinski definition) is 4. The quantitative estimate of drug-likeness (QED) is 0.533. The summed E-state index contributed by atoms with van der Waals surface area (Å²) in [5.74, 6) is -0.266. The largest absolute Gasteiger partial charge is 0.463 e. The zero-order chi connectivity index (χ0) is 12.8. The monoisotopic (exact) mass is 240 g/mol. The number of piperazine rings is 1. The molecule has 0 N–H and O–H groups in total. The molecular formula is C13H24N2O2. The van der Waals surface area contributed by atoms with Crippen molar-refractivity contribution in [2.24, 2.45) is 0 Å². The second kappa shape index (κ2) is 6.77. The number of nitrogens with zero attached hydrogens (tertiary/aromatic N) is 2. The van der Waals surface area contributed by atoms with Crippen molar-refractivity contribution in [3.8, 4) is 0 Å². The van der Waals surface area contributed by atoms with Crippen LogP contribution < -0.4 is 0 Å². The summed E-state index contributed by atoms with van der Waals surface area (Å²) in [6.45, 7) is 15.2. The normalized spacial score (nSPS) is 22.4. The summed E-state index contributed by atoms with van der Waals surface area (Å²) < 4.78 is 4.94. The van der Waals surface area contributed by atoms with Crippen molar-refractivity contribution >= 4 is 5.97 Å². The van der Waals surface area contributed by atoms with E-state index in [0.717, 1.165) is 26.2 Å². The van der Waals surface area contributed by atoms with Gasteiger partial charge in [-0.2, -0.15) is 0 Å². The van der Waals surface area contributed by atoms with Crippen molar-refractivity contribution in [2.45, 2.75) is 26.8 Å². The molecule has 98 valence electrons. The second-order valence-corrected chi connectivity index (χ2v) is 4.54. The van der Waals surface area contributed by atoms with Gasteiger partial charge in [-0.15, -0.1) is 0 Å². The van der Waals surface area contributed by atoms with Crippen LogP contribution in [0.4, 0.5) is 0 Å². The number of carbonyl (C=O) groups excluding carboxylic acids is 1. The fraction of sp³-hybridized carbons (Fsp3) is 0.769. The Kier molecular flexibility index (Phi) is 5.65. The van der Waals surface area contributed by atoms with E-state index in [-0.39, 0.29) is 5.97 Å². The first-order valence-electron chi connectivity index (χ1n) is 6.39. The van der Waals surface area contributed by atoms with Gasteiger partial charge in [0.25, 0.3) is 0 Å². The van der Waals surface area contributed by atoms with E-state index in [9.17, 15) is 4.79 Å². The van der Waals surface area contributed by atoms with Crippen LogP contribution in [0.25, 0.3) is 0 Å². The topological polar surface area (TPSA) is 32.8 Å². The highest BCUT2D eigenvalue weighted by atomic mass is 16.5. The van der Waals surface area contributed by atoms with Gasteiger partial charge in [0.05, 0.1) is 6.61 Å². The molecule has 0 radical (unpaired) electrons. The van der Waals surface area contributed by atoms with Crippen molar-refractivity contribution in [3.63, 3.8) is 0 Å². The summed E-state index contributed by atoms with van der Waals surface area (Å²) in [4.78, 5) is 16.2. The van der Waals surface area contributed by atoms with E-state index in [1.165, 1.54) is 0 Å². The first-order chi connectivity index (χ1) is 8.08. The van der Waals surface area contributed by atoms with E-state index in [2.05, 4.69) is 30.2 Å². The summed E-state index contributed by atoms with van der Waals surface area (Å²) in [5, 5.41) is 0. The van der Waals surface area contributed by atoms with Crippen molar-refractivity contribution < 1.29 is 9.53 Å². The molecule has 17 heavy (non-hydrogen) atoms. The van der Waals surface area contributed by atoms with Crippen LogP contribution in [-0.4, -0.2) is 61.1 Å². The molecular weight excluding hydrogens is 216 g/mol. The Balaban J connectivity index is 2.38. The molecule has 4 nitrogen and oxygen atoms in total. The van der Waals surface area contributed by atoms with Gasteiger partial charge >= 0.3 is 5.97 Å². The lowest BCUT2D eigenvalue weighted by Gasteiger charge is -2.39. The lowest BCUT2D eigenvalue weighted by molar-refractivity contribution is -0.138. The minimum atomic E-state index is -0.266. The Morgan fingerprint density at radius 1 is 1.41 bits per heavy atom. The fourth-order valence-electron chi connectivity index (χ4n) is 2.25. The van der Waals surface area contributed by atoms with Crippen LogP contribution in [0.3, 0.4) is 0 Å². The van der Waals surface area contributed by atoms with Crippen LogP contribution in [0.2, 0.25) is 0 Å². The van der Waals surface area contributed by atoms with E-state index < -0.39 is 0 Å². The Morgan fingerprint density at radius 2 is 2.12 bits per heavy atom. The highest BCUT2D eigenvalue weighted by Gasteiger charge is 2.23. The molecule has 0 aromatic carbocycles.